The second kappa shape index (κ2) is 9.35. The highest BCUT2D eigenvalue weighted by atomic mass is 35.5. The number of fused-ring (bicyclic) bond motifs is 1. The van der Waals surface area contributed by atoms with E-state index in [1.54, 1.807) is 61.7 Å². The molecule has 1 aliphatic heterocycles. The van der Waals surface area contributed by atoms with Crippen LogP contribution in [0.2, 0.25) is 5.02 Å². The van der Waals surface area contributed by atoms with Gasteiger partial charge < -0.3 is 4.74 Å². The van der Waals surface area contributed by atoms with Crippen LogP contribution in [-0.2, 0) is 5.92 Å². The minimum Gasteiger partial charge on any atom is -0.437 e. The number of ether oxygens (including phenoxy) is 1. The second-order valence-corrected chi connectivity index (χ2v) is 8.27. The van der Waals surface area contributed by atoms with Gasteiger partial charge in [0, 0.05) is 24.2 Å². The van der Waals surface area contributed by atoms with Crippen LogP contribution in [-0.4, -0.2) is 27.7 Å². The van der Waals surface area contributed by atoms with Crippen LogP contribution < -0.4 is 4.74 Å². The molecule has 1 aliphatic rings. The Hall–Kier alpha value is -3.58. The fourth-order valence-electron chi connectivity index (χ4n) is 3.59. The van der Waals surface area contributed by atoms with Crippen LogP contribution in [0.4, 0.5) is 8.78 Å². The van der Waals surface area contributed by atoms with Gasteiger partial charge >= 0.3 is 0 Å². The smallest absolute Gasteiger partial charge is 0.273 e. The van der Waals surface area contributed by atoms with Crippen molar-refractivity contribution < 1.29 is 23.1 Å². The number of pyridine rings is 1. The van der Waals surface area contributed by atoms with Crippen LogP contribution in [0.25, 0.3) is 6.08 Å². The normalized spacial score (nSPS) is 14.6. The van der Waals surface area contributed by atoms with E-state index >= 15 is 0 Å². The van der Waals surface area contributed by atoms with Crippen molar-refractivity contribution in [3.8, 4) is 11.6 Å². The number of halogens is 3. The lowest BCUT2D eigenvalue weighted by atomic mass is 10.1. The Bertz CT molecular complexity index is 1240. The van der Waals surface area contributed by atoms with E-state index in [4.69, 9.17) is 16.3 Å². The molecule has 0 N–H and O–H groups in total. The molecular weight excluding hydrogens is 462 g/mol. The average Bonchev–Trinajstić information content (AvgIpc) is 3.09. The highest BCUT2D eigenvalue weighted by Gasteiger charge is 2.37. The van der Waals surface area contributed by atoms with Crippen LogP contribution in [0.15, 0.2) is 66.9 Å². The third kappa shape index (κ3) is 4.56. The van der Waals surface area contributed by atoms with E-state index in [9.17, 15) is 18.4 Å². The van der Waals surface area contributed by atoms with Gasteiger partial charge in [-0.25, -0.2) is 13.8 Å². The molecule has 2 aromatic carbocycles. The lowest BCUT2D eigenvalue weighted by molar-refractivity contribution is -0.00831. The van der Waals surface area contributed by atoms with E-state index in [0.717, 1.165) is 5.56 Å². The maximum atomic E-state index is 13.8. The van der Waals surface area contributed by atoms with Crippen LogP contribution in [0.1, 0.15) is 52.1 Å². The van der Waals surface area contributed by atoms with Gasteiger partial charge in [-0.1, -0.05) is 42.8 Å². The van der Waals surface area contributed by atoms with Gasteiger partial charge in [-0.3, -0.25) is 14.5 Å². The van der Waals surface area contributed by atoms with Gasteiger partial charge in [0.15, 0.2) is 0 Å². The maximum absolute atomic E-state index is 13.8. The molecule has 174 valence electrons. The molecule has 0 spiro atoms. The largest absolute Gasteiger partial charge is 0.437 e. The molecule has 0 radical (unpaired) electrons. The summed E-state index contributed by atoms with van der Waals surface area (Å²) in [5.74, 6) is -3.15. The number of benzene rings is 2. The standard InChI is InChI=1S/C26H21ClF2N2O3/c1-3-26(28,29)18-11-12-22(21(27)14-18)34-23-13-10-17(15-30-23)9-8-16(2)31-24(32)19-6-4-5-7-20(19)25(31)33/h4-16H,3H2,1-2H3/b9-8+/t16-/m0/s1. The third-order valence-electron chi connectivity index (χ3n) is 5.57. The molecule has 0 saturated heterocycles. The molecule has 0 aliphatic carbocycles. The molecule has 2 heterocycles. The molecule has 0 bridgehead atoms. The summed E-state index contributed by atoms with van der Waals surface area (Å²) in [6.45, 7) is 3.16. The summed E-state index contributed by atoms with van der Waals surface area (Å²) in [5, 5.41) is 0.0613. The lowest BCUT2D eigenvalue weighted by Crippen LogP contribution is -2.36. The molecule has 2 amide bonds. The molecule has 8 heteroatoms. The van der Waals surface area contributed by atoms with E-state index in [0.29, 0.717) is 11.1 Å². The SMILES string of the molecule is CCC(F)(F)c1ccc(Oc2ccc(/C=C/[C@H](C)N3C(=O)c4ccccc4C3=O)cn2)c(Cl)c1. The van der Waals surface area contributed by atoms with Crippen molar-refractivity contribution in [2.75, 3.05) is 0 Å². The molecular formula is C26H21ClF2N2O3. The van der Waals surface area contributed by atoms with Crippen molar-refractivity contribution in [2.45, 2.75) is 32.2 Å². The van der Waals surface area contributed by atoms with Gasteiger partial charge in [0.1, 0.15) is 5.75 Å². The molecule has 1 aromatic heterocycles. The number of rotatable bonds is 7. The van der Waals surface area contributed by atoms with Crippen molar-refractivity contribution >= 4 is 29.5 Å². The summed E-state index contributed by atoms with van der Waals surface area (Å²) < 4.78 is 33.3. The van der Waals surface area contributed by atoms with Crippen molar-refractivity contribution in [2.24, 2.45) is 0 Å². The van der Waals surface area contributed by atoms with Crippen LogP contribution in [0.5, 0.6) is 11.6 Å². The number of nitrogens with zero attached hydrogens (tertiary/aromatic N) is 2. The predicted molar refractivity (Wildman–Crippen MR) is 125 cm³/mol. The number of carbonyl (C=O) groups excluding carboxylic acids is 2. The number of carbonyl (C=O) groups is 2. The zero-order valence-corrected chi connectivity index (χ0v) is 19.2. The Kier molecular flexibility index (Phi) is 6.48. The van der Waals surface area contributed by atoms with Crippen molar-refractivity contribution in [1.82, 2.24) is 9.88 Å². The van der Waals surface area contributed by atoms with Gasteiger partial charge in [0.25, 0.3) is 17.7 Å². The van der Waals surface area contributed by atoms with Crippen LogP contribution in [0, 0.1) is 0 Å². The van der Waals surface area contributed by atoms with E-state index in [2.05, 4.69) is 4.98 Å². The monoisotopic (exact) mass is 482 g/mol. The van der Waals surface area contributed by atoms with E-state index in [-0.39, 0.29) is 40.5 Å². The molecule has 0 unspecified atom stereocenters. The third-order valence-corrected chi connectivity index (χ3v) is 5.87. The van der Waals surface area contributed by atoms with Gasteiger partial charge in [0.05, 0.1) is 22.2 Å². The topological polar surface area (TPSA) is 59.5 Å². The minimum absolute atomic E-state index is 0.0613. The summed E-state index contributed by atoms with van der Waals surface area (Å²) in [5.41, 5.74) is 1.36. The Morgan fingerprint density at radius 3 is 2.32 bits per heavy atom. The lowest BCUT2D eigenvalue weighted by Gasteiger charge is -2.19. The zero-order chi connectivity index (χ0) is 24.5. The van der Waals surface area contributed by atoms with E-state index in [1.807, 2.05) is 0 Å². The molecule has 34 heavy (non-hydrogen) atoms. The summed E-state index contributed by atoms with van der Waals surface area (Å²) >= 11 is 6.12. The average molecular weight is 483 g/mol. The molecule has 0 saturated carbocycles. The Balaban J connectivity index is 1.43. The number of amides is 2. The van der Waals surface area contributed by atoms with Crippen LogP contribution >= 0.6 is 11.6 Å². The highest BCUT2D eigenvalue weighted by Crippen LogP contribution is 2.37. The number of imide groups is 1. The summed E-state index contributed by atoms with van der Waals surface area (Å²) in [7, 11) is 0. The highest BCUT2D eigenvalue weighted by molar-refractivity contribution is 6.32. The molecule has 3 aromatic rings. The first-order valence-corrected chi connectivity index (χ1v) is 11.1. The van der Waals surface area contributed by atoms with Gasteiger partial charge in [0.2, 0.25) is 5.88 Å². The van der Waals surface area contributed by atoms with Crippen molar-refractivity contribution in [3.63, 3.8) is 0 Å². The number of hydrogen-bond donors (Lipinski definition) is 0. The number of hydrogen-bond acceptors (Lipinski definition) is 4. The van der Waals surface area contributed by atoms with Crippen molar-refractivity contribution in [3.05, 3.63) is 94.1 Å². The van der Waals surface area contributed by atoms with E-state index in [1.165, 1.54) is 30.0 Å². The summed E-state index contributed by atoms with van der Waals surface area (Å²) in [6.07, 6.45) is 4.71. The van der Waals surface area contributed by atoms with Gasteiger partial charge in [-0.2, -0.15) is 0 Å². The first-order chi connectivity index (χ1) is 16.2. The number of alkyl halides is 2. The van der Waals surface area contributed by atoms with Crippen molar-refractivity contribution in [1.29, 1.82) is 0 Å². The molecule has 5 nitrogen and oxygen atoms in total. The molecule has 4 rings (SSSR count). The fourth-order valence-corrected chi connectivity index (χ4v) is 3.81. The first-order valence-electron chi connectivity index (χ1n) is 10.7. The Labute approximate surface area is 200 Å². The second-order valence-electron chi connectivity index (χ2n) is 7.86. The minimum atomic E-state index is -2.96. The van der Waals surface area contributed by atoms with Gasteiger partial charge in [-0.05, 0) is 48.9 Å². The summed E-state index contributed by atoms with van der Waals surface area (Å²) in [4.78, 5) is 30.6. The fraction of sp³-hybridized carbons (Fsp3) is 0.192. The Morgan fingerprint density at radius 1 is 1.09 bits per heavy atom. The molecule has 0 fully saturated rings. The Morgan fingerprint density at radius 2 is 1.76 bits per heavy atom. The first kappa shape index (κ1) is 23.6. The van der Waals surface area contributed by atoms with E-state index < -0.39 is 12.0 Å². The maximum Gasteiger partial charge on any atom is 0.273 e. The molecule has 1 atom stereocenters. The quantitative estimate of drug-likeness (QED) is 0.350. The number of aromatic nitrogens is 1. The van der Waals surface area contributed by atoms with Gasteiger partial charge in [-0.15, -0.1) is 0 Å². The summed E-state index contributed by atoms with van der Waals surface area (Å²) in [6, 6.07) is 13.5. The van der Waals surface area contributed by atoms with Crippen LogP contribution in [0.3, 0.4) is 0 Å². The predicted octanol–water partition coefficient (Wildman–Crippen LogP) is 6.73. The zero-order valence-electron chi connectivity index (χ0n) is 18.5.